The lowest BCUT2D eigenvalue weighted by Crippen LogP contribution is -1.75. The lowest BCUT2D eigenvalue weighted by atomic mass is 10.4. The number of hydrogen-bond donors (Lipinski definition) is 0. The minimum Gasteiger partial charge on any atom is -0.246 e. The van der Waals surface area contributed by atoms with E-state index in [9.17, 15) is 0 Å². The molecule has 0 fully saturated rings. The third-order valence-corrected chi connectivity index (χ3v) is 0.774. The van der Waals surface area contributed by atoms with Crippen LogP contribution < -0.4 is 0 Å². The fourth-order valence-electron chi connectivity index (χ4n) is 0.451. The molecule has 9 heavy (non-hydrogen) atoms. The first-order valence-corrected chi connectivity index (χ1v) is 3.04. The van der Waals surface area contributed by atoms with Crippen molar-refractivity contribution in [2.24, 2.45) is 4.99 Å². The molecule has 0 aromatic heterocycles. The van der Waals surface area contributed by atoms with Crippen molar-refractivity contribution in [3.8, 4) is 0 Å². The largest absolute Gasteiger partial charge is 0.246 e. The highest BCUT2D eigenvalue weighted by Gasteiger charge is 1.81. The normalized spacial score (nSPS) is 13.7. The van der Waals surface area contributed by atoms with Gasteiger partial charge in [-0.15, -0.1) is 0 Å². The van der Waals surface area contributed by atoms with Gasteiger partial charge < -0.3 is 0 Å². The third-order valence-electron chi connectivity index (χ3n) is 0.689. The van der Waals surface area contributed by atoms with Gasteiger partial charge in [-0.25, -0.2) is 4.99 Å². The van der Waals surface area contributed by atoms with E-state index < -0.39 is 0 Å². The number of hydrogen-bond acceptors (Lipinski definition) is 1. The fraction of sp³-hybridized carbons (Fsp3) is 0.286. The smallest absolute Gasteiger partial charge is 0.103 e. The van der Waals surface area contributed by atoms with Crippen molar-refractivity contribution in [3.63, 3.8) is 0 Å². The highest BCUT2D eigenvalue weighted by Crippen LogP contribution is 1.96. The van der Waals surface area contributed by atoms with Crippen molar-refractivity contribution in [3.05, 3.63) is 24.4 Å². The summed E-state index contributed by atoms with van der Waals surface area (Å²) in [7, 11) is 0. The van der Waals surface area contributed by atoms with E-state index in [2.05, 4.69) is 11.6 Å². The Balaban J connectivity index is 4.05. The maximum atomic E-state index is 5.48. The molecule has 0 aromatic rings. The molecule has 0 saturated heterocycles. The van der Waals surface area contributed by atoms with Gasteiger partial charge >= 0.3 is 0 Å². The van der Waals surface area contributed by atoms with Gasteiger partial charge in [0.15, 0.2) is 0 Å². The average molecular weight is 144 g/mol. The Labute approximate surface area is 60.7 Å². The second kappa shape index (κ2) is 4.33. The molecule has 0 aliphatic rings. The highest BCUT2D eigenvalue weighted by atomic mass is 35.5. The first-order chi connectivity index (χ1) is 4.16. The first kappa shape index (κ1) is 8.44. The van der Waals surface area contributed by atoms with Gasteiger partial charge in [-0.1, -0.05) is 24.3 Å². The quantitative estimate of drug-likeness (QED) is 0.417. The summed E-state index contributed by atoms with van der Waals surface area (Å²) in [6, 6.07) is 0. The molecular formula is C7H10ClN. The predicted octanol–water partition coefficient (Wildman–Crippen LogP) is 2.73. The minimum atomic E-state index is 0.547. The van der Waals surface area contributed by atoms with Crippen LogP contribution >= 0.6 is 11.6 Å². The SMILES string of the molecule is C=C/C=C(/C)N=C(C)Cl. The summed E-state index contributed by atoms with van der Waals surface area (Å²) in [6.45, 7) is 7.13. The minimum absolute atomic E-state index is 0.547. The van der Waals surface area contributed by atoms with Gasteiger partial charge in [-0.2, -0.15) is 0 Å². The van der Waals surface area contributed by atoms with E-state index in [1.54, 1.807) is 19.1 Å². The second-order valence-electron chi connectivity index (χ2n) is 1.65. The second-order valence-corrected chi connectivity index (χ2v) is 2.20. The molecule has 0 heterocycles. The molecule has 0 aliphatic carbocycles. The molecule has 0 saturated carbocycles. The molecule has 50 valence electrons. The summed E-state index contributed by atoms with van der Waals surface area (Å²) in [5, 5.41) is 0.547. The number of allylic oxidation sites excluding steroid dienone is 3. The zero-order chi connectivity index (χ0) is 7.28. The molecule has 0 spiro atoms. The maximum Gasteiger partial charge on any atom is 0.103 e. The van der Waals surface area contributed by atoms with Crippen molar-refractivity contribution in [2.75, 3.05) is 0 Å². The van der Waals surface area contributed by atoms with Gasteiger partial charge in [-0.05, 0) is 19.9 Å². The van der Waals surface area contributed by atoms with Crippen LogP contribution in [0.3, 0.4) is 0 Å². The molecule has 0 radical (unpaired) electrons. The Kier molecular flexibility index (Phi) is 4.06. The summed E-state index contributed by atoms with van der Waals surface area (Å²) in [4.78, 5) is 3.94. The van der Waals surface area contributed by atoms with E-state index >= 15 is 0 Å². The Morgan fingerprint density at radius 3 is 2.44 bits per heavy atom. The summed E-state index contributed by atoms with van der Waals surface area (Å²) in [5.74, 6) is 0. The van der Waals surface area contributed by atoms with Crippen molar-refractivity contribution < 1.29 is 0 Å². The molecule has 0 amide bonds. The van der Waals surface area contributed by atoms with Crippen LogP contribution in [0, 0.1) is 0 Å². The zero-order valence-electron chi connectivity index (χ0n) is 5.69. The molecule has 1 nitrogen and oxygen atoms in total. The average Bonchev–Trinajstić information content (AvgIpc) is 1.63. The molecule has 0 unspecified atom stereocenters. The van der Waals surface area contributed by atoms with Crippen molar-refractivity contribution in [1.82, 2.24) is 0 Å². The third kappa shape index (κ3) is 5.31. The van der Waals surface area contributed by atoms with Crippen LogP contribution in [0.2, 0.25) is 0 Å². The van der Waals surface area contributed by atoms with Crippen LogP contribution in [-0.4, -0.2) is 5.17 Å². The molecule has 0 N–H and O–H groups in total. The van der Waals surface area contributed by atoms with E-state index in [4.69, 9.17) is 11.6 Å². The molecule has 2 heteroatoms. The topological polar surface area (TPSA) is 12.4 Å². The Morgan fingerprint density at radius 2 is 2.11 bits per heavy atom. The van der Waals surface area contributed by atoms with Gasteiger partial charge in [0.2, 0.25) is 0 Å². The van der Waals surface area contributed by atoms with E-state index in [1.807, 2.05) is 6.92 Å². The number of nitrogens with zero attached hydrogens (tertiary/aromatic N) is 1. The van der Waals surface area contributed by atoms with E-state index in [-0.39, 0.29) is 0 Å². The number of rotatable bonds is 2. The fourth-order valence-corrected chi connectivity index (χ4v) is 0.584. The van der Waals surface area contributed by atoms with Gasteiger partial charge in [-0.3, -0.25) is 0 Å². The number of aliphatic imine (C=N–C) groups is 1. The van der Waals surface area contributed by atoms with Gasteiger partial charge in [0.25, 0.3) is 0 Å². The molecule has 0 bridgehead atoms. The van der Waals surface area contributed by atoms with E-state index in [1.165, 1.54) is 0 Å². The van der Waals surface area contributed by atoms with Gasteiger partial charge in [0.1, 0.15) is 5.17 Å². The predicted molar refractivity (Wildman–Crippen MR) is 42.9 cm³/mol. The van der Waals surface area contributed by atoms with Crippen LogP contribution in [0.5, 0.6) is 0 Å². The molecule has 0 atom stereocenters. The molecule has 0 aromatic carbocycles. The lowest BCUT2D eigenvalue weighted by molar-refractivity contribution is 1.31. The van der Waals surface area contributed by atoms with Crippen LogP contribution in [-0.2, 0) is 0 Å². The standard InChI is InChI=1S/C7H10ClN/c1-4-5-6(2)9-7(3)8/h4-5H,1H2,2-3H3/b6-5-,9-7?. The Morgan fingerprint density at radius 1 is 1.56 bits per heavy atom. The highest BCUT2D eigenvalue weighted by molar-refractivity contribution is 6.64. The molecule has 0 aliphatic heterocycles. The van der Waals surface area contributed by atoms with E-state index in [0.29, 0.717) is 5.17 Å². The number of halogens is 1. The van der Waals surface area contributed by atoms with Gasteiger partial charge in [0.05, 0.1) is 0 Å². The van der Waals surface area contributed by atoms with Crippen LogP contribution in [0.4, 0.5) is 0 Å². The maximum absolute atomic E-state index is 5.48. The Hall–Kier alpha value is -0.560. The Bertz CT molecular complexity index is 152. The summed E-state index contributed by atoms with van der Waals surface area (Å²) in [6.07, 6.45) is 3.48. The van der Waals surface area contributed by atoms with Crippen LogP contribution in [0.25, 0.3) is 0 Å². The molecular weight excluding hydrogens is 134 g/mol. The van der Waals surface area contributed by atoms with Crippen molar-refractivity contribution in [2.45, 2.75) is 13.8 Å². The first-order valence-electron chi connectivity index (χ1n) is 2.67. The van der Waals surface area contributed by atoms with Crippen molar-refractivity contribution in [1.29, 1.82) is 0 Å². The van der Waals surface area contributed by atoms with E-state index in [0.717, 1.165) is 5.70 Å². The summed E-state index contributed by atoms with van der Waals surface area (Å²) < 4.78 is 0. The van der Waals surface area contributed by atoms with Crippen molar-refractivity contribution >= 4 is 16.8 Å². The summed E-state index contributed by atoms with van der Waals surface area (Å²) in [5.41, 5.74) is 0.873. The van der Waals surface area contributed by atoms with Gasteiger partial charge in [0, 0.05) is 5.70 Å². The summed E-state index contributed by atoms with van der Waals surface area (Å²) >= 11 is 5.48. The lowest BCUT2D eigenvalue weighted by Gasteiger charge is -1.87. The van der Waals surface area contributed by atoms with Crippen LogP contribution in [0.15, 0.2) is 29.4 Å². The zero-order valence-corrected chi connectivity index (χ0v) is 6.44. The monoisotopic (exact) mass is 143 g/mol. The molecule has 0 rings (SSSR count). The van der Waals surface area contributed by atoms with Crippen LogP contribution in [0.1, 0.15) is 13.8 Å².